The van der Waals surface area contributed by atoms with E-state index < -0.39 is 6.29 Å². The van der Waals surface area contributed by atoms with Crippen LogP contribution < -0.4 is 11.1 Å². The number of benzene rings is 1. The zero-order valence-electron chi connectivity index (χ0n) is 11.0. The second kappa shape index (κ2) is 7.83. The van der Waals surface area contributed by atoms with Gasteiger partial charge in [0.1, 0.15) is 0 Å². The highest BCUT2D eigenvalue weighted by molar-refractivity contribution is 7.80. The molecule has 104 valence electrons. The fourth-order valence-corrected chi connectivity index (χ4v) is 1.77. The molecule has 0 radical (unpaired) electrons. The van der Waals surface area contributed by atoms with Crippen LogP contribution >= 0.6 is 12.2 Å². The average molecular weight is 282 g/mol. The summed E-state index contributed by atoms with van der Waals surface area (Å²) in [5.41, 5.74) is 6.88. The molecule has 0 saturated heterocycles. The van der Waals surface area contributed by atoms with Gasteiger partial charge in [-0.2, -0.15) is 0 Å². The van der Waals surface area contributed by atoms with E-state index in [4.69, 9.17) is 27.4 Å². The Kier molecular flexibility index (Phi) is 6.41. The molecule has 0 heterocycles. The predicted octanol–water partition coefficient (Wildman–Crippen LogP) is 0.864. The maximum atomic E-state index is 12.1. The van der Waals surface area contributed by atoms with Crippen molar-refractivity contribution in [2.24, 2.45) is 5.73 Å². The van der Waals surface area contributed by atoms with Crippen molar-refractivity contribution >= 4 is 23.1 Å². The smallest absolute Gasteiger partial charge is 0.251 e. The monoisotopic (exact) mass is 282 g/mol. The fourth-order valence-electron chi connectivity index (χ4n) is 1.62. The van der Waals surface area contributed by atoms with Crippen LogP contribution in [-0.4, -0.2) is 38.0 Å². The lowest BCUT2D eigenvalue weighted by molar-refractivity contribution is -0.0974. The van der Waals surface area contributed by atoms with E-state index in [1.54, 1.807) is 12.1 Å². The van der Waals surface area contributed by atoms with E-state index in [-0.39, 0.29) is 12.5 Å². The van der Waals surface area contributed by atoms with E-state index in [0.29, 0.717) is 17.0 Å². The van der Waals surface area contributed by atoms with Crippen LogP contribution in [0.5, 0.6) is 0 Å². The van der Waals surface area contributed by atoms with Gasteiger partial charge in [0.2, 0.25) is 0 Å². The number of rotatable bonds is 7. The predicted molar refractivity (Wildman–Crippen MR) is 77.1 cm³/mol. The number of hydrogen-bond donors (Lipinski definition) is 2. The van der Waals surface area contributed by atoms with Crippen LogP contribution in [0.4, 0.5) is 0 Å². The van der Waals surface area contributed by atoms with Crippen molar-refractivity contribution < 1.29 is 14.3 Å². The van der Waals surface area contributed by atoms with Crippen molar-refractivity contribution in [3.63, 3.8) is 0 Å². The first-order valence-electron chi connectivity index (χ1n) is 5.78. The Balaban J connectivity index is 2.73. The molecule has 6 heteroatoms. The Morgan fingerprint density at radius 1 is 1.37 bits per heavy atom. The topological polar surface area (TPSA) is 73.6 Å². The number of carbonyl (C=O) groups is 1. The number of amides is 1. The van der Waals surface area contributed by atoms with Crippen LogP contribution in [0.1, 0.15) is 15.9 Å². The minimum absolute atomic E-state index is 0.203. The molecule has 1 rings (SSSR count). The zero-order chi connectivity index (χ0) is 14.3. The Labute approximate surface area is 118 Å². The van der Waals surface area contributed by atoms with Gasteiger partial charge in [-0.1, -0.05) is 30.4 Å². The molecule has 0 bridgehead atoms. The minimum atomic E-state index is -0.466. The quantitative estimate of drug-likeness (QED) is 0.573. The van der Waals surface area contributed by atoms with Gasteiger partial charge in [0.05, 0.1) is 11.5 Å². The Bertz CT molecular complexity index is 447. The summed E-state index contributed by atoms with van der Waals surface area (Å²) in [6.45, 7) is 0.271. The molecule has 0 saturated carbocycles. The summed E-state index contributed by atoms with van der Waals surface area (Å²) in [5, 5.41) is 2.74. The molecule has 1 amide bonds. The number of hydrogen-bond acceptors (Lipinski definition) is 4. The lowest BCUT2D eigenvalue weighted by Crippen LogP contribution is -2.34. The van der Waals surface area contributed by atoms with Crippen molar-refractivity contribution in [2.45, 2.75) is 12.7 Å². The number of methoxy groups -OCH3 is 2. The molecule has 0 aliphatic carbocycles. The highest BCUT2D eigenvalue weighted by Gasteiger charge is 2.13. The van der Waals surface area contributed by atoms with Crippen LogP contribution in [0.3, 0.4) is 0 Å². The standard InChI is InChI=1S/C13H18N2O3S/c1-17-12(18-2)8-15-13(16)10-6-4-3-5-9(10)7-11(14)19/h3-6,12H,7-8H2,1-2H3,(H2,14,19)(H,15,16). The van der Waals surface area contributed by atoms with Gasteiger partial charge in [0.25, 0.3) is 5.91 Å². The van der Waals surface area contributed by atoms with E-state index in [1.807, 2.05) is 12.1 Å². The van der Waals surface area contributed by atoms with Gasteiger partial charge in [-0.3, -0.25) is 4.79 Å². The summed E-state index contributed by atoms with van der Waals surface area (Å²) in [5.74, 6) is -0.203. The SMILES string of the molecule is COC(CNC(=O)c1ccccc1CC(N)=S)OC. The number of nitrogens with one attached hydrogen (secondary N) is 1. The van der Waals surface area contributed by atoms with E-state index >= 15 is 0 Å². The molecule has 3 N–H and O–H groups in total. The molecule has 5 nitrogen and oxygen atoms in total. The highest BCUT2D eigenvalue weighted by Crippen LogP contribution is 2.09. The van der Waals surface area contributed by atoms with Gasteiger partial charge in [0.15, 0.2) is 6.29 Å². The molecule has 0 unspecified atom stereocenters. The third-order valence-electron chi connectivity index (χ3n) is 2.58. The first-order chi connectivity index (χ1) is 9.08. The van der Waals surface area contributed by atoms with Gasteiger partial charge >= 0.3 is 0 Å². The molecule has 0 aliphatic heterocycles. The van der Waals surface area contributed by atoms with Crippen molar-refractivity contribution in [2.75, 3.05) is 20.8 Å². The molecular formula is C13H18N2O3S. The lowest BCUT2D eigenvalue weighted by Gasteiger charge is -2.15. The molecule has 1 aromatic rings. The molecular weight excluding hydrogens is 264 g/mol. The van der Waals surface area contributed by atoms with Gasteiger partial charge in [0, 0.05) is 26.2 Å². The first-order valence-corrected chi connectivity index (χ1v) is 6.19. The van der Waals surface area contributed by atoms with E-state index in [9.17, 15) is 4.79 Å². The first kappa shape index (κ1) is 15.6. The second-order valence-electron chi connectivity index (χ2n) is 3.91. The normalized spacial score (nSPS) is 10.5. The number of ether oxygens (including phenoxy) is 2. The van der Waals surface area contributed by atoms with Gasteiger partial charge < -0.3 is 20.5 Å². The third kappa shape index (κ3) is 4.94. The summed E-state index contributed by atoms with van der Waals surface area (Å²) in [4.78, 5) is 12.4. The van der Waals surface area contributed by atoms with Crippen LogP contribution in [0.15, 0.2) is 24.3 Å². The highest BCUT2D eigenvalue weighted by atomic mass is 32.1. The van der Waals surface area contributed by atoms with Crippen LogP contribution in [0.25, 0.3) is 0 Å². The molecule has 0 atom stereocenters. The molecule has 0 fully saturated rings. The van der Waals surface area contributed by atoms with Crippen LogP contribution in [0, 0.1) is 0 Å². The number of carbonyl (C=O) groups excluding carboxylic acids is 1. The lowest BCUT2D eigenvalue weighted by atomic mass is 10.0. The summed E-state index contributed by atoms with van der Waals surface area (Å²) in [7, 11) is 3.03. The summed E-state index contributed by atoms with van der Waals surface area (Å²) < 4.78 is 10.0. The van der Waals surface area contributed by atoms with E-state index in [2.05, 4.69) is 5.32 Å². The summed E-state index contributed by atoms with van der Waals surface area (Å²) >= 11 is 4.87. The number of nitrogens with two attached hydrogens (primary N) is 1. The van der Waals surface area contributed by atoms with Crippen molar-refractivity contribution in [1.82, 2.24) is 5.32 Å². The molecule has 0 aliphatic rings. The minimum Gasteiger partial charge on any atom is -0.393 e. The molecule has 0 aromatic heterocycles. The van der Waals surface area contributed by atoms with E-state index in [1.165, 1.54) is 14.2 Å². The van der Waals surface area contributed by atoms with Crippen LogP contribution in [-0.2, 0) is 15.9 Å². The third-order valence-corrected chi connectivity index (χ3v) is 2.73. The van der Waals surface area contributed by atoms with E-state index in [0.717, 1.165) is 5.56 Å². The fraction of sp³-hybridized carbons (Fsp3) is 0.385. The Morgan fingerprint density at radius 3 is 2.58 bits per heavy atom. The van der Waals surface area contributed by atoms with Crippen molar-refractivity contribution in [1.29, 1.82) is 0 Å². The van der Waals surface area contributed by atoms with Gasteiger partial charge in [-0.05, 0) is 11.6 Å². The summed E-state index contributed by atoms with van der Waals surface area (Å²) in [6, 6.07) is 7.20. The van der Waals surface area contributed by atoms with Crippen molar-refractivity contribution in [3.8, 4) is 0 Å². The Morgan fingerprint density at radius 2 is 2.00 bits per heavy atom. The maximum Gasteiger partial charge on any atom is 0.251 e. The number of thiocarbonyl (C=S) groups is 1. The largest absolute Gasteiger partial charge is 0.393 e. The Hall–Kier alpha value is -1.50. The average Bonchev–Trinajstić information content (AvgIpc) is 2.39. The van der Waals surface area contributed by atoms with Crippen LogP contribution in [0.2, 0.25) is 0 Å². The zero-order valence-corrected chi connectivity index (χ0v) is 11.8. The van der Waals surface area contributed by atoms with Gasteiger partial charge in [-0.15, -0.1) is 0 Å². The van der Waals surface area contributed by atoms with Gasteiger partial charge in [-0.25, -0.2) is 0 Å². The molecule has 1 aromatic carbocycles. The summed E-state index contributed by atoms with van der Waals surface area (Å²) in [6.07, 6.45) is -0.0663. The van der Waals surface area contributed by atoms with Crippen molar-refractivity contribution in [3.05, 3.63) is 35.4 Å². The maximum absolute atomic E-state index is 12.1. The molecule has 0 spiro atoms. The molecule has 19 heavy (non-hydrogen) atoms. The second-order valence-corrected chi connectivity index (χ2v) is 4.44.